The minimum atomic E-state index is -0.0396. The van der Waals surface area contributed by atoms with Crippen molar-refractivity contribution in [2.24, 2.45) is 5.92 Å². The highest BCUT2D eigenvalue weighted by atomic mass is 35.5. The Morgan fingerprint density at radius 1 is 1.12 bits per heavy atom. The van der Waals surface area contributed by atoms with Crippen LogP contribution in [0.2, 0.25) is 0 Å². The third kappa shape index (κ3) is 4.73. The Morgan fingerprint density at radius 2 is 1.88 bits per heavy atom. The van der Waals surface area contributed by atoms with Crippen molar-refractivity contribution < 1.29 is 9.53 Å². The lowest BCUT2D eigenvalue weighted by molar-refractivity contribution is 0.0914. The van der Waals surface area contributed by atoms with Gasteiger partial charge in [-0.1, -0.05) is 31.2 Å². The molecule has 4 nitrogen and oxygen atoms in total. The van der Waals surface area contributed by atoms with Gasteiger partial charge in [0.1, 0.15) is 11.5 Å². The van der Waals surface area contributed by atoms with E-state index >= 15 is 0 Å². The van der Waals surface area contributed by atoms with Crippen molar-refractivity contribution in [1.82, 2.24) is 10.6 Å². The molecule has 0 aromatic heterocycles. The number of carbonyl (C=O) groups excluding carboxylic acids is 1. The molecule has 24 heavy (non-hydrogen) atoms. The molecule has 3 rings (SSSR count). The number of piperidine rings is 1. The zero-order chi connectivity index (χ0) is 16.1. The summed E-state index contributed by atoms with van der Waals surface area (Å²) in [5, 5.41) is 6.48. The van der Waals surface area contributed by atoms with Crippen molar-refractivity contribution >= 4 is 18.3 Å². The van der Waals surface area contributed by atoms with Crippen molar-refractivity contribution in [3.63, 3.8) is 0 Å². The molecule has 1 amide bonds. The lowest BCUT2D eigenvalue weighted by atomic mass is 9.95. The predicted octanol–water partition coefficient (Wildman–Crippen LogP) is 3.63. The highest BCUT2D eigenvalue weighted by Gasteiger charge is 2.23. The maximum Gasteiger partial charge on any atom is 0.251 e. The number of halogens is 1. The molecule has 5 heteroatoms. The Bertz CT molecular complexity index is 663. The lowest BCUT2D eigenvalue weighted by Crippen LogP contribution is -2.48. The summed E-state index contributed by atoms with van der Waals surface area (Å²) in [4.78, 5) is 12.5. The molecule has 2 N–H and O–H groups in total. The maximum absolute atomic E-state index is 12.5. The number of hydrogen-bond acceptors (Lipinski definition) is 3. The Kier molecular flexibility index (Phi) is 6.64. The minimum absolute atomic E-state index is 0. The molecule has 2 atom stereocenters. The van der Waals surface area contributed by atoms with Gasteiger partial charge < -0.3 is 15.4 Å². The number of ether oxygens (including phenoxy) is 1. The molecule has 0 aliphatic carbocycles. The van der Waals surface area contributed by atoms with Gasteiger partial charge in [-0.05, 0) is 55.8 Å². The van der Waals surface area contributed by atoms with Crippen LogP contribution in [-0.2, 0) is 0 Å². The molecule has 2 aromatic rings. The van der Waals surface area contributed by atoms with Gasteiger partial charge in [-0.15, -0.1) is 12.4 Å². The zero-order valence-electron chi connectivity index (χ0n) is 13.7. The standard InChI is InChI=1S/C19H22N2O2.ClH/c1-14-13-20-11-10-18(14)21-19(22)15-6-5-9-17(12-15)23-16-7-3-2-4-8-16;/h2-9,12,14,18,20H,10-11,13H2,1H3,(H,21,22);1H. The van der Waals surface area contributed by atoms with Crippen LogP contribution in [0.4, 0.5) is 0 Å². The molecule has 1 aliphatic heterocycles. The maximum atomic E-state index is 12.5. The number of rotatable bonds is 4. The van der Waals surface area contributed by atoms with Crippen molar-refractivity contribution in [3.8, 4) is 11.5 Å². The lowest BCUT2D eigenvalue weighted by Gasteiger charge is -2.30. The Morgan fingerprint density at radius 3 is 2.62 bits per heavy atom. The van der Waals surface area contributed by atoms with Crippen LogP contribution in [0.25, 0.3) is 0 Å². The molecular formula is C19H23ClN2O2. The highest BCUT2D eigenvalue weighted by molar-refractivity contribution is 5.94. The first-order valence-corrected chi connectivity index (χ1v) is 8.07. The molecule has 1 heterocycles. The van der Waals surface area contributed by atoms with Crippen LogP contribution >= 0.6 is 12.4 Å². The second kappa shape index (κ2) is 8.71. The first-order chi connectivity index (χ1) is 11.2. The first kappa shape index (κ1) is 18.3. The Hall–Kier alpha value is -2.04. The molecule has 0 saturated carbocycles. The second-order valence-electron chi connectivity index (χ2n) is 5.99. The number of amides is 1. The molecule has 1 aliphatic rings. The van der Waals surface area contributed by atoms with E-state index in [4.69, 9.17) is 4.74 Å². The molecule has 0 radical (unpaired) electrons. The molecule has 2 aromatic carbocycles. The fraction of sp³-hybridized carbons (Fsp3) is 0.316. The fourth-order valence-electron chi connectivity index (χ4n) is 2.81. The van der Waals surface area contributed by atoms with Crippen molar-refractivity contribution in [3.05, 3.63) is 60.2 Å². The van der Waals surface area contributed by atoms with Gasteiger partial charge in [0, 0.05) is 11.6 Å². The molecule has 128 valence electrons. The van der Waals surface area contributed by atoms with Crippen LogP contribution < -0.4 is 15.4 Å². The van der Waals surface area contributed by atoms with Gasteiger partial charge >= 0.3 is 0 Å². The van der Waals surface area contributed by atoms with Gasteiger partial charge in [0.05, 0.1) is 0 Å². The van der Waals surface area contributed by atoms with Crippen LogP contribution in [0.1, 0.15) is 23.7 Å². The minimum Gasteiger partial charge on any atom is -0.457 e. The van der Waals surface area contributed by atoms with Crippen LogP contribution in [0.5, 0.6) is 11.5 Å². The van der Waals surface area contributed by atoms with Gasteiger partial charge in [0.15, 0.2) is 0 Å². The number of nitrogens with one attached hydrogen (secondary N) is 2. The number of benzene rings is 2. The largest absolute Gasteiger partial charge is 0.457 e. The monoisotopic (exact) mass is 346 g/mol. The van der Waals surface area contributed by atoms with Crippen LogP contribution in [0.3, 0.4) is 0 Å². The van der Waals surface area contributed by atoms with Crippen molar-refractivity contribution in [2.75, 3.05) is 13.1 Å². The molecule has 0 spiro atoms. The van der Waals surface area contributed by atoms with Crippen LogP contribution in [-0.4, -0.2) is 25.0 Å². The summed E-state index contributed by atoms with van der Waals surface area (Å²) in [5.74, 6) is 1.83. The van der Waals surface area contributed by atoms with E-state index in [1.54, 1.807) is 6.07 Å². The Balaban J connectivity index is 0.00000208. The van der Waals surface area contributed by atoms with E-state index in [1.807, 2.05) is 48.5 Å². The van der Waals surface area contributed by atoms with E-state index in [0.717, 1.165) is 25.3 Å². The summed E-state index contributed by atoms with van der Waals surface area (Å²) in [6.07, 6.45) is 0.965. The quantitative estimate of drug-likeness (QED) is 0.888. The third-order valence-electron chi connectivity index (χ3n) is 4.18. The predicted molar refractivity (Wildman–Crippen MR) is 98.1 cm³/mol. The first-order valence-electron chi connectivity index (χ1n) is 8.07. The average molecular weight is 347 g/mol. The fourth-order valence-corrected chi connectivity index (χ4v) is 2.81. The van der Waals surface area contributed by atoms with E-state index in [0.29, 0.717) is 17.2 Å². The number of carbonyl (C=O) groups is 1. The van der Waals surface area contributed by atoms with E-state index in [2.05, 4.69) is 17.6 Å². The summed E-state index contributed by atoms with van der Waals surface area (Å²) in [6, 6.07) is 17.1. The van der Waals surface area contributed by atoms with Gasteiger partial charge in [0.2, 0.25) is 0 Å². The smallest absolute Gasteiger partial charge is 0.251 e. The number of hydrogen-bond donors (Lipinski definition) is 2. The SMILES string of the molecule is CC1CNCCC1NC(=O)c1cccc(Oc2ccccc2)c1.Cl. The normalized spacial score (nSPS) is 19.9. The topological polar surface area (TPSA) is 50.4 Å². The molecule has 1 fully saturated rings. The van der Waals surface area contributed by atoms with Gasteiger partial charge in [0.25, 0.3) is 5.91 Å². The van der Waals surface area contributed by atoms with E-state index in [-0.39, 0.29) is 24.4 Å². The number of para-hydroxylation sites is 1. The van der Waals surface area contributed by atoms with E-state index in [9.17, 15) is 4.79 Å². The summed E-state index contributed by atoms with van der Waals surface area (Å²) in [6.45, 7) is 4.06. The third-order valence-corrected chi connectivity index (χ3v) is 4.18. The Labute approximate surface area is 149 Å². The summed E-state index contributed by atoms with van der Waals surface area (Å²) < 4.78 is 5.79. The van der Waals surface area contributed by atoms with Gasteiger partial charge in [-0.2, -0.15) is 0 Å². The van der Waals surface area contributed by atoms with Gasteiger partial charge in [-0.25, -0.2) is 0 Å². The average Bonchev–Trinajstić information content (AvgIpc) is 2.58. The molecule has 1 saturated heterocycles. The summed E-state index contributed by atoms with van der Waals surface area (Å²) >= 11 is 0. The summed E-state index contributed by atoms with van der Waals surface area (Å²) in [7, 11) is 0. The zero-order valence-corrected chi connectivity index (χ0v) is 14.5. The van der Waals surface area contributed by atoms with Crippen LogP contribution in [0, 0.1) is 5.92 Å². The van der Waals surface area contributed by atoms with E-state index < -0.39 is 0 Å². The van der Waals surface area contributed by atoms with Crippen molar-refractivity contribution in [2.45, 2.75) is 19.4 Å². The van der Waals surface area contributed by atoms with Crippen molar-refractivity contribution in [1.29, 1.82) is 0 Å². The molecule has 2 unspecified atom stereocenters. The highest BCUT2D eigenvalue weighted by Crippen LogP contribution is 2.22. The molecular weight excluding hydrogens is 324 g/mol. The second-order valence-corrected chi connectivity index (χ2v) is 5.99. The van der Waals surface area contributed by atoms with Gasteiger partial charge in [-0.3, -0.25) is 4.79 Å². The summed E-state index contributed by atoms with van der Waals surface area (Å²) in [5.41, 5.74) is 0.629. The molecule has 0 bridgehead atoms. The van der Waals surface area contributed by atoms with Crippen LogP contribution in [0.15, 0.2) is 54.6 Å². The van der Waals surface area contributed by atoms with E-state index in [1.165, 1.54) is 0 Å².